The van der Waals surface area contributed by atoms with Crippen LogP contribution in [0.1, 0.15) is 6.92 Å². The predicted molar refractivity (Wildman–Crippen MR) is 43.6 cm³/mol. The van der Waals surface area contributed by atoms with Crippen LogP contribution in [-0.4, -0.2) is 32.6 Å². The molecule has 0 spiro atoms. The standard InChI is InChI=1S/C4H9NO4S.ClH/c1-2(6)4(8,9)5-3(7)10;/h2,6,8-9H,1H3,(H2,5,7,10);1H. The minimum absolute atomic E-state index is 0. The summed E-state index contributed by atoms with van der Waals surface area (Å²) >= 11 is 3.20. The molecule has 5 nitrogen and oxygen atoms in total. The van der Waals surface area contributed by atoms with Gasteiger partial charge in [0, 0.05) is 0 Å². The Balaban J connectivity index is 0. The van der Waals surface area contributed by atoms with Crippen LogP contribution >= 0.6 is 25.0 Å². The number of hydrogen-bond acceptors (Lipinski definition) is 4. The van der Waals surface area contributed by atoms with Crippen molar-refractivity contribution in [3.63, 3.8) is 0 Å². The number of carbonyl (C=O) groups excluding carboxylic acids is 1. The molecule has 0 saturated carbocycles. The van der Waals surface area contributed by atoms with Gasteiger partial charge < -0.3 is 15.3 Å². The summed E-state index contributed by atoms with van der Waals surface area (Å²) in [6.45, 7) is 1.11. The SMILES string of the molecule is CC(O)C(O)(O)NC(=O)S.Cl. The van der Waals surface area contributed by atoms with E-state index >= 15 is 0 Å². The summed E-state index contributed by atoms with van der Waals surface area (Å²) < 4.78 is 0. The molecule has 1 atom stereocenters. The van der Waals surface area contributed by atoms with Crippen LogP contribution in [0.25, 0.3) is 0 Å². The summed E-state index contributed by atoms with van der Waals surface area (Å²) in [5, 5.41) is 26.6. The Morgan fingerprint density at radius 1 is 1.64 bits per heavy atom. The Labute approximate surface area is 75.2 Å². The lowest BCUT2D eigenvalue weighted by Gasteiger charge is -2.24. The van der Waals surface area contributed by atoms with Gasteiger partial charge in [0.2, 0.25) is 0 Å². The number of thiol groups is 1. The number of carbonyl (C=O) groups is 1. The van der Waals surface area contributed by atoms with Crippen LogP contribution in [0.3, 0.4) is 0 Å². The van der Waals surface area contributed by atoms with Crippen molar-refractivity contribution in [1.29, 1.82) is 0 Å². The molecule has 1 amide bonds. The summed E-state index contributed by atoms with van der Waals surface area (Å²) in [5.74, 6) is -2.60. The van der Waals surface area contributed by atoms with Crippen LogP contribution in [-0.2, 0) is 0 Å². The van der Waals surface area contributed by atoms with E-state index in [1.165, 1.54) is 0 Å². The first-order chi connectivity index (χ1) is 4.36. The normalized spacial score (nSPS) is 13.2. The van der Waals surface area contributed by atoms with Gasteiger partial charge in [-0.2, -0.15) is 0 Å². The maximum Gasteiger partial charge on any atom is 0.280 e. The van der Waals surface area contributed by atoms with Crippen molar-refractivity contribution in [3.05, 3.63) is 0 Å². The van der Waals surface area contributed by atoms with Gasteiger partial charge in [0.15, 0.2) is 0 Å². The first kappa shape index (κ1) is 13.6. The van der Waals surface area contributed by atoms with Crippen molar-refractivity contribution in [3.8, 4) is 0 Å². The summed E-state index contributed by atoms with van der Waals surface area (Å²) in [5.41, 5.74) is 0. The summed E-state index contributed by atoms with van der Waals surface area (Å²) in [7, 11) is 0. The molecule has 0 aromatic heterocycles. The lowest BCUT2D eigenvalue weighted by molar-refractivity contribution is -0.230. The molecule has 11 heavy (non-hydrogen) atoms. The van der Waals surface area contributed by atoms with Gasteiger partial charge in [0.05, 0.1) is 0 Å². The Morgan fingerprint density at radius 3 is 2.09 bits per heavy atom. The molecule has 7 heteroatoms. The smallest absolute Gasteiger partial charge is 0.280 e. The van der Waals surface area contributed by atoms with Gasteiger partial charge in [-0.25, -0.2) is 0 Å². The molecule has 0 bridgehead atoms. The van der Waals surface area contributed by atoms with E-state index in [0.717, 1.165) is 6.92 Å². The summed E-state index contributed by atoms with van der Waals surface area (Å²) in [4.78, 5) is 10.1. The average molecular weight is 204 g/mol. The van der Waals surface area contributed by atoms with Gasteiger partial charge in [-0.3, -0.25) is 10.1 Å². The highest BCUT2D eigenvalue weighted by Gasteiger charge is 2.30. The molecule has 0 aliphatic carbocycles. The third-order valence-corrected chi connectivity index (χ3v) is 0.985. The van der Waals surface area contributed by atoms with Crippen LogP contribution in [0.2, 0.25) is 0 Å². The minimum atomic E-state index is -2.60. The van der Waals surface area contributed by atoms with Crippen molar-refractivity contribution < 1.29 is 20.1 Å². The summed E-state index contributed by atoms with van der Waals surface area (Å²) in [6.07, 6.45) is -1.47. The fourth-order valence-corrected chi connectivity index (χ4v) is 0.426. The zero-order valence-electron chi connectivity index (χ0n) is 5.68. The third kappa shape index (κ3) is 5.28. The molecule has 1 unspecified atom stereocenters. The maximum absolute atomic E-state index is 10.1. The number of nitrogens with one attached hydrogen (secondary N) is 1. The zero-order chi connectivity index (χ0) is 8.36. The number of amides is 1. The number of rotatable bonds is 2. The van der Waals surface area contributed by atoms with Gasteiger partial charge in [0.25, 0.3) is 11.2 Å². The van der Waals surface area contributed by atoms with E-state index in [4.69, 9.17) is 15.3 Å². The first-order valence-electron chi connectivity index (χ1n) is 2.50. The molecule has 0 aromatic rings. The molecule has 0 fully saturated rings. The van der Waals surface area contributed by atoms with Crippen molar-refractivity contribution in [2.24, 2.45) is 0 Å². The Morgan fingerprint density at radius 2 is 2.00 bits per heavy atom. The van der Waals surface area contributed by atoms with E-state index in [0.29, 0.717) is 0 Å². The van der Waals surface area contributed by atoms with Gasteiger partial charge in [-0.05, 0) is 6.92 Å². The average Bonchev–Trinajstić information content (AvgIpc) is 1.60. The molecular formula is C4H10ClNO4S. The number of aliphatic hydroxyl groups excluding tert-OH is 1. The van der Waals surface area contributed by atoms with Gasteiger partial charge in [-0.1, -0.05) is 12.6 Å². The van der Waals surface area contributed by atoms with E-state index in [2.05, 4.69) is 12.6 Å². The van der Waals surface area contributed by atoms with Crippen molar-refractivity contribution in [2.45, 2.75) is 18.9 Å². The number of halogens is 1. The third-order valence-electron chi connectivity index (χ3n) is 0.873. The van der Waals surface area contributed by atoms with E-state index in [1.54, 1.807) is 5.32 Å². The molecule has 0 saturated heterocycles. The minimum Gasteiger partial charge on any atom is -0.386 e. The second-order valence-electron chi connectivity index (χ2n) is 1.83. The van der Waals surface area contributed by atoms with Crippen LogP contribution in [0.5, 0.6) is 0 Å². The van der Waals surface area contributed by atoms with Crippen LogP contribution in [0.15, 0.2) is 0 Å². The Hall–Kier alpha value is -0.0100. The molecular weight excluding hydrogens is 194 g/mol. The highest BCUT2D eigenvalue weighted by Crippen LogP contribution is 2.01. The zero-order valence-corrected chi connectivity index (χ0v) is 7.39. The second-order valence-corrected chi connectivity index (χ2v) is 2.24. The van der Waals surface area contributed by atoms with Crippen molar-refractivity contribution in [1.82, 2.24) is 5.32 Å². The molecule has 4 N–H and O–H groups in total. The molecule has 0 rings (SSSR count). The van der Waals surface area contributed by atoms with E-state index in [9.17, 15) is 4.79 Å². The Bertz CT molecular complexity index is 140. The monoisotopic (exact) mass is 203 g/mol. The fourth-order valence-electron chi connectivity index (χ4n) is 0.262. The molecule has 68 valence electrons. The van der Waals surface area contributed by atoms with Crippen molar-refractivity contribution in [2.75, 3.05) is 0 Å². The highest BCUT2D eigenvalue weighted by atomic mass is 35.5. The van der Waals surface area contributed by atoms with E-state index < -0.39 is 17.3 Å². The van der Waals surface area contributed by atoms with Gasteiger partial charge in [-0.15, -0.1) is 12.4 Å². The lowest BCUT2D eigenvalue weighted by atomic mass is 10.3. The molecule has 0 aliphatic rings. The predicted octanol–water partition coefficient (Wildman–Crippen LogP) is -0.933. The first-order valence-corrected chi connectivity index (χ1v) is 2.95. The quantitative estimate of drug-likeness (QED) is 0.296. The van der Waals surface area contributed by atoms with Gasteiger partial charge >= 0.3 is 0 Å². The maximum atomic E-state index is 10.1. The van der Waals surface area contributed by atoms with Crippen LogP contribution < -0.4 is 5.32 Å². The van der Waals surface area contributed by atoms with E-state index in [-0.39, 0.29) is 12.4 Å². The van der Waals surface area contributed by atoms with E-state index in [1.807, 2.05) is 0 Å². The fraction of sp³-hybridized carbons (Fsp3) is 0.750. The highest BCUT2D eigenvalue weighted by molar-refractivity contribution is 7.96. The van der Waals surface area contributed by atoms with Crippen LogP contribution in [0.4, 0.5) is 4.79 Å². The van der Waals surface area contributed by atoms with Crippen LogP contribution in [0, 0.1) is 0 Å². The number of aliphatic hydroxyl groups is 3. The van der Waals surface area contributed by atoms with Crippen molar-refractivity contribution >= 4 is 30.3 Å². The topological polar surface area (TPSA) is 89.8 Å². The number of hydrogen-bond donors (Lipinski definition) is 5. The largest absolute Gasteiger partial charge is 0.386 e. The summed E-state index contributed by atoms with van der Waals surface area (Å²) in [6, 6.07) is 0. The molecule has 0 aliphatic heterocycles. The second kappa shape index (κ2) is 4.78. The molecule has 0 heterocycles. The molecule has 0 aromatic carbocycles. The lowest BCUT2D eigenvalue weighted by Crippen LogP contribution is -2.54. The molecule has 0 radical (unpaired) electrons. The Kier molecular flexibility index (Phi) is 5.90. The van der Waals surface area contributed by atoms with Gasteiger partial charge in [0.1, 0.15) is 6.10 Å².